The van der Waals surface area contributed by atoms with Crippen LogP contribution in [0.15, 0.2) is 29.2 Å². The summed E-state index contributed by atoms with van der Waals surface area (Å²) in [5, 5.41) is 1.97. The van der Waals surface area contributed by atoms with Crippen LogP contribution in [0.3, 0.4) is 0 Å². The highest BCUT2D eigenvalue weighted by atomic mass is 32.2. The molecule has 1 aliphatic heterocycles. The normalized spacial score (nSPS) is 21.4. The average Bonchev–Trinajstić information content (AvgIpc) is 2.64. The Morgan fingerprint density at radius 2 is 2.00 bits per heavy atom. The first-order valence-electron chi connectivity index (χ1n) is 5.05. The van der Waals surface area contributed by atoms with Crippen LogP contribution in [0.4, 0.5) is 5.69 Å². The second-order valence-electron chi connectivity index (χ2n) is 4.05. The highest BCUT2D eigenvalue weighted by Gasteiger charge is 2.18. The number of anilines is 1. The molecule has 1 heterocycles. The van der Waals surface area contributed by atoms with Crippen LogP contribution in [0, 0.1) is 5.92 Å². The minimum absolute atomic E-state index is 0.0801. The molecule has 0 saturated carbocycles. The third-order valence-electron chi connectivity index (χ3n) is 2.57. The molecule has 1 atom stereocenters. The molecule has 1 aliphatic rings. The lowest BCUT2D eigenvalue weighted by Crippen LogP contribution is -2.30. The van der Waals surface area contributed by atoms with Gasteiger partial charge in [0.05, 0.1) is 10.6 Å². The van der Waals surface area contributed by atoms with Gasteiger partial charge in [-0.25, -0.2) is 5.43 Å². The number of hydrogen-bond acceptors (Lipinski definition) is 4. The van der Waals surface area contributed by atoms with Crippen LogP contribution in [0.2, 0.25) is 0 Å². The first kappa shape index (κ1) is 11.4. The first-order valence-corrected chi connectivity index (χ1v) is 6.49. The van der Waals surface area contributed by atoms with Crippen molar-refractivity contribution in [2.45, 2.75) is 11.8 Å². The summed E-state index contributed by atoms with van der Waals surface area (Å²) in [7, 11) is -4.09. The third kappa shape index (κ3) is 2.34. The predicted octanol–water partition coefficient (Wildman–Crippen LogP) is 0.894. The van der Waals surface area contributed by atoms with Crippen molar-refractivity contribution < 1.29 is 13.0 Å². The molecule has 0 aromatic heterocycles. The summed E-state index contributed by atoms with van der Waals surface area (Å²) in [6.45, 7) is 3.95. The summed E-state index contributed by atoms with van der Waals surface area (Å²) in [6, 6.07) is 6.15. The molecule has 0 bridgehead atoms. The van der Waals surface area contributed by atoms with Crippen molar-refractivity contribution in [3.05, 3.63) is 24.3 Å². The summed E-state index contributed by atoms with van der Waals surface area (Å²) in [5.41, 5.74) is 4.10. The van der Waals surface area contributed by atoms with Crippen molar-refractivity contribution >= 4 is 15.8 Å². The number of nitrogens with zero attached hydrogens (tertiary/aromatic N) is 1. The number of nitrogens with one attached hydrogen (secondary N) is 1. The van der Waals surface area contributed by atoms with E-state index in [-0.39, 0.29) is 4.90 Å². The largest absolute Gasteiger partial charge is 0.308 e. The van der Waals surface area contributed by atoms with Crippen LogP contribution < -0.4 is 10.4 Å². The Morgan fingerprint density at radius 3 is 2.44 bits per heavy atom. The average molecular weight is 242 g/mol. The maximum Gasteiger partial charge on any atom is 0.294 e. The standard InChI is InChI=1S/C10H14N2O3S/c1-8-6-11-12(7-8)9-2-4-10(5-3-9)16(13,14)15/h2-5,8,11H,6-7H2,1H3,(H,13,14,15)/t8-/m1/s1. The summed E-state index contributed by atoms with van der Waals surface area (Å²) in [6.07, 6.45) is 0. The Labute approximate surface area is 94.8 Å². The van der Waals surface area contributed by atoms with Gasteiger partial charge >= 0.3 is 0 Å². The van der Waals surface area contributed by atoms with Crippen molar-refractivity contribution in [3.63, 3.8) is 0 Å². The highest BCUT2D eigenvalue weighted by Crippen LogP contribution is 2.19. The lowest BCUT2D eigenvalue weighted by atomic mass is 10.2. The van der Waals surface area contributed by atoms with Crippen LogP contribution in [-0.4, -0.2) is 26.1 Å². The Morgan fingerprint density at radius 1 is 1.38 bits per heavy atom. The van der Waals surface area contributed by atoms with Gasteiger partial charge in [0, 0.05) is 13.1 Å². The van der Waals surface area contributed by atoms with Gasteiger partial charge in [-0.3, -0.25) is 4.55 Å². The lowest BCUT2D eigenvalue weighted by Gasteiger charge is -2.17. The van der Waals surface area contributed by atoms with E-state index in [4.69, 9.17) is 4.55 Å². The summed E-state index contributed by atoms with van der Waals surface area (Å²) < 4.78 is 30.5. The van der Waals surface area contributed by atoms with E-state index in [2.05, 4.69) is 12.3 Å². The molecule has 16 heavy (non-hydrogen) atoms. The third-order valence-corrected chi connectivity index (χ3v) is 3.44. The Hall–Kier alpha value is -1.11. The minimum Gasteiger partial charge on any atom is -0.308 e. The first-order chi connectivity index (χ1) is 7.47. The van der Waals surface area contributed by atoms with Gasteiger partial charge < -0.3 is 5.01 Å². The maximum absolute atomic E-state index is 10.8. The molecule has 6 heteroatoms. The summed E-state index contributed by atoms with van der Waals surface area (Å²) in [5.74, 6) is 0.571. The fraction of sp³-hybridized carbons (Fsp3) is 0.400. The van der Waals surface area contributed by atoms with Gasteiger partial charge in [-0.1, -0.05) is 6.92 Å². The second-order valence-corrected chi connectivity index (χ2v) is 5.47. The molecule has 1 fully saturated rings. The molecule has 5 nitrogen and oxygen atoms in total. The lowest BCUT2D eigenvalue weighted by molar-refractivity contribution is 0.483. The fourth-order valence-corrected chi connectivity index (χ4v) is 2.18. The predicted molar refractivity (Wildman–Crippen MR) is 60.8 cm³/mol. The van der Waals surface area contributed by atoms with E-state index in [1.165, 1.54) is 12.1 Å². The topological polar surface area (TPSA) is 69.6 Å². The van der Waals surface area contributed by atoms with Crippen LogP contribution >= 0.6 is 0 Å². The van der Waals surface area contributed by atoms with Crippen LogP contribution in [0.25, 0.3) is 0 Å². The van der Waals surface area contributed by atoms with Crippen molar-refractivity contribution in [1.82, 2.24) is 5.43 Å². The summed E-state index contributed by atoms with van der Waals surface area (Å²) >= 11 is 0. The van der Waals surface area contributed by atoms with Crippen LogP contribution in [0.1, 0.15) is 6.92 Å². The van der Waals surface area contributed by atoms with Gasteiger partial charge in [0.25, 0.3) is 10.1 Å². The van der Waals surface area contributed by atoms with Crippen molar-refractivity contribution in [1.29, 1.82) is 0 Å². The zero-order valence-electron chi connectivity index (χ0n) is 8.92. The molecule has 2 rings (SSSR count). The number of benzene rings is 1. The number of hydrogen-bond donors (Lipinski definition) is 2. The molecule has 2 N–H and O–H groups in total. The van der Waals surface area contributed by atoms with Gasteiger partial charge in [-0.05, 0) is 30.2 Å². The Kier molecular flexibility index (Phi) is 2.88. The van der Waals surface area contributed by atoms with Gasteiger partial charge in [0.15, 0.2) is 0 Å². The number of hydrazine groups is 1. The minimum atomic E-state index is -4.09. The molecule has 0 radical (unpaired) electrons. The van der Waals surface area contributed by atoms with Gasteiger partial charge in [-0.2, -0.15) is 8.42 Å². The van der Waals surface area contributed by atoms with Crippen molar-refractivity contribution in [2.24, 2.45) is 5.92 Å². The SMILES string of the molecule is C[C@@H]1CNN(c2ccc(S(=O)(=O)O)cc2)C1. The number of rotatable bonds is 2. The molecule has 1 aromatic rings. The van der Waals surface area contributed by atoms with Gasteiger partial charge in [0.2, 0.25) is 0 Å². The van der Waals surface area contributed by atoms with E-state index in [1.54, 1.807) is 12.1 Å². The van der Waals surface area contributed by atoms with Crippen LogP contribution in [-0.2, 0) is 10.1 Å². The Balaban J connectivity index is 2.20. The molecule has 88 valence electrons. The molecule has 1 aromatic carbocycles. The summed E-state index contributed by atoms with van der Waals surface area (Å²) in [4.78, 5) is -0.0801. The highest BCUT2D eigenvalue weighted by molar-refractivity contribution is 7.85. The molecular weight excluding hydrogens is 228 g/mol. The maximum atomic E-state index is 10.8. The zero-order chi connectivity index (χ0) is 11.8. The quantitative estimate of drug-likeness (QED) is 0.754. The van der Waals surface area contributed by atoms with Gasteiger partial charge in [0.1, 0.15) is 0 Å². The van der Waals surface area contributed by atoms with E-state index in [0.29, 0.717) is 5.92 Å². The van der Waals surface area contributed by atoms with E-state index in [1.807, 2.05) is 5.01 Å². The van der Waals surface area contributed by atoms with Crippen molar-refractivity contribution in [3.8, 4) is 0 Å². The van der Waals surface area contributed by atoms with E-state index >= 15 is 0 Å². The van der Waals surface area contributed by atoms with E-state index in [0.717, 1.165) is 18.8 Å². The fourth-order valence-electron chi connectivity index (χ4n) is 1.70. The smallest absolute Gasteiger partial charge is 0.294 e. The molecule has 1 saturated heterocycles. The van der Waals surface area contributed by atoms with Gasteiger partial charge in [-0.15, -0.1) is 0 Å². The van der Waals surface area contributed by atoms with Crippen LogP contribution in [0.5, 0.6) is 0 Å². The van der Waals surface area contributed by atoms with Crippen molar-refractivity contribution in [2.75, 3.05) is 18.1 Å². The second kappa shape index (κ2) is 4.04. The zero-order valence-corrected chi connectivity index (χ0v) is 9.74. The molecule has 0 amide bonds. The monoisotopic (exact) mass is 242 g/mol. The molecule has 0 spiro atoms. The van der Waals surface area contributed by atoms with E-state index in [9.17, 15) is 8.42 Å². The molecule has 0 unspecified atom stereocenters. The van der Waals surface area contributed by atoms with E-state index < -0.39 is 10.1 Å². The Bertz CT molecular complexity index is 469. The molecule has 0 aliphatic carbocycles. The molecular formula is C10H14N2O3S.